The van der Waals surface area contributed by atoms with Crippen LogP contribution < -0.4 is 21.3 Å². The molecule has 478 valence electrons. The molecule has 21 nitrogen and oxygen atoms in total. The number of hydrogen-bond acceptors (Lipinski definition) is 16. The summed E-state index contributed by atoms with van der Waals surface area (Å²) in [4.78, 5) is 98.1. The van der Waals surface area contributed by atoms with Crippen LogP contribution >= 0.6 is 0 Å². The van der Waals surface area contributed by atoms with Crippen LogP contribution in [0.4, 0.5) is 0 Å². The Balaban J connectivity index is 0.693. The number of benzene rings is 1. The van der Waals surface area contributed by atoms with Gasteiger partial charge in [0.15, 0.2) is 0 Å². The highest BCUT2D eigenvalue weighted by Crippen LogP contribution is 2.37. The van der Waals surface area contributed by atoms with Crippen molar-refractivity contribution in [3.05, 3.63) is 66.0 Å². The molecule has 0 spiro atoms. The molecular weight excluding hydrogens is 1100 g/mol. The van der Waals surface area contributed by atoms with Gasteiger partial charge in [0.25, 0.3) is 0 Å². The first-order valence-corrected chi connectivity index (χ1v) is 32.0. The summed E-state index contributed by atoms with van der Waals surface area (Å²) >= 11 is 0. The Labute approximate surface area is 509 Å². The van der Waals surface area contributed by atoms with E-state index in [9.17, 15) is 33.6 Å². The van der Waals surface area contributed by atoms with Crippen molar-refractivity contribution in [1.29, 1.82) is 0 Å². The Hall–Kier alpha value is -5.58. The van der Waals surface area contributed by atoms with Crippen LogP contribution in [0.3, 0.4) is 0 Å². The van der Waals surface area contributed by atoms with E-state index in [0.29, 0.717) is 90.9 Å². The van der Waals surface area contributed by atoms with Crippen molar-refractivity contribution >= 4 is 41.5 Å². The van der Waals surface area contributed by atoms with Crippen LogP contribution in [0, 0.1) is 17.8 Å². The summed E-state index contributed by atoms with van der Waals surface area (Å²) in [5.41, 5.74) is 1.21. The molecule has 86 heavy (non-hydrogen) atoms. The van der Waals surface area contributed by atoms with Gasteiger partial charge >= 0.3 is 11.9 Å². The number of pyridine rings is 1. The quantitative estimate of drug-likeness (QED) is 0.0326. The highest BCUT2D eigenvalue weighted by molar-refractivity contribution is 5.90. The third kappa shape index (κ3) is 23.8. The smallest absolute Gasteiger partial charge is 0.325 e. The van der Waals surface area contributed by atoms with Gasteiger partial charge in [-0.3, -0.25) is 43.9 Å². The highest BCUT2D eigenvalue weighted by Gasteiger charge is 2.43. The zero-order valence-corrected chi connectivity index (χ0v) is 51.7. The van der Waals surface area contributed by atoms with Gasteiger partial charge in [0.05, 0.1) is 68.8 Å². The molecule has 4 aliphatic carbocycles. The summed E-state index contributed by atoms with van der Waals surface area (Å²) < 4.78 is 41.5. The van der Waals surface area contributed by atoms with Crippen LogP contribution in [-0.4, -0.2) is 171 Å². The van der Waals surface area contributed by atoms with Crippen molar-refractivity contribution in [3.8, 4) is 0 Å². The lowest BCUT2D eigenvalue weighted by Gasteiger charge is -2.32. The lowest BCUT2D eigenvalue weighted by Crippen LogP contribution is -2.45. The zero-order chi connectivity index (χ0) is 61.1. The van der Waals surface area contributed by atoms with Gasteiger partial charge in [-0.25, -0.2) is 0 Å². The Kier molecular flexibility index (Phi) is 28.5. The molecule has 0 bridgehead atoms. The first kappa shape index (κ1) is 67.9. The minimum absolute atomic E-state index is 0.0262. The van der Waals surface area contributed by atoms with Crippen LogP contribution in [0.15, 0.2) is 54.9 Å². The Morgan fingerprint density at radius 1 is 0.651 bits per heavy atom. The fraction of sp³-hybridized carbons (Fsp3) is 0.723. The molecule has 5 amide bonds. The molecule has 4 saturated carbocycles. The predicted octanol–water partition coefficient (Wildman–Crippen LogP) is 6.79. The maximum atomic E-state index is 14.0. The Morgan fingerprint density at radius 2 is 1.20 bits per heavy atom. The van der Waals surface area contributed by atoms with Crippen molar-refractivity contribution in [3.63, 3.8) is 0 Å². The largest absolute Gasteiger partial charge is 0.460 e. The fourth-order valence-electron chi connectivity index (χ4n) is 12.4. The van der Waals surface area contributed by atoms with E-state index in [1.807, 2.05) is 63.2 Å². The monoisotopic (exact) mass is 1200 g/mol. The van der Waals surface area contributed by atoms with Crippen molar-refractivity contribution < 1.29 is 66.7 Å². The summed E-state index contributed by atoms with van der Waals surface area (Å²) in [5, 5.41) is 12.5. The van der Waals surface area contributed by atoms with E-state index in [2.05, 4.69) is 26.3 Å². The van der Waals surface area contributed by atoms with E-state index in [1.165, 1.54) is 0 Å². The lowest BCUT2D eigenvalue weighted by atomic mass is 9.85. The molecule has 21 heteroatoms. The lowest BCUT2D eigenvalue weighted by molar-refractivity contribution is -0.161. The molecule has 1 aromatic carbocycles. The van der Waals surface area contributed by atoms with Gasteiger partial charge in [0.2, 0.25) is 29.5 Å². The van der Waals surface area contributed by atoms with E-state index in [4.69, 9.17) is 33.2 Å². The molecule has 2 heterocycles. The number of amides is 5. The fourth-order valence-corrected chi connectivity index (χ4v) is 12.4. The van der Waals surface area contributed by atoms with Gasteiger partial charge in [-0.15, -0.1) is 0 Å². The normalized spacial score (nSPS) is 25.2. The summed E-state index contributed by atoms with van der Waals surface area (Å²) in [6.45, 7) is 9.21. The van der Waals surface area contributed by atoms with Crippen molar-refractivity contribution in [2.24, 2.45) is 17.8 Å². The van der Waals surface area contributed by atoms with Gasteiger partial charge in [-0.05, 0) is 154 Å². The van der Waals surface area contributed by atoms with Gasteiger partial charge in [0, 0.05) is 89.6 Å². The molecule has 1 aromatic heterocycles. The first-order valence-electron chi connectivity index (χ1n) is 32.0. The SMILES string of the molecule is CN1C(=O)C[C@H](C(=O)NCCOC2CCC(OCCCC(=O)NC3CCC(C(=O)N(CCOCNCCOC4CCC(OCCCC(=O)NC5CCC(C(=O)OC(C)(C)C)CC5)CC4)CC(=O)OCc4ccccc4)CC3)CC2)[C@H]1c1cccnc1. The first-order chi connectivity index (χ1) is 41.6. The van der Waals surface area contributed by atoms with E-state index < -0.39 is 17.5 Å². The van der Waals surface area contributed by atoms with Crippen molar-refractivity contribution in [1.82, 2.24) is 36.1 Å². The van der Waals surface area contributed by atoms with Crippen LogP contribution in [0.1, 0.15) is 173 Å². The summed E-state index contributed by atoms with van der Waals surface area (Å²) in [6.07, 6.45) is 18.8. The number of nitrogens with one attached hydrogen (secondary N) is 4. The number of carbonyl (C=O) groups is 7. The predicted molar refractivity (Wildman–Crippen MR) is 320 cm³/mol. The molecule has 2 atom stereocenters. The summed E-state index contributed by atoms with van der Waals surface area (Å²) in [7, 11) is 1.73. The number of nitrogens with zero attached hydrogens (tertiary/aromatic N) is 3. The third-order valence-corrected chi connectivity index (χ3v) is 17.2. The van der Waals surface area contributed by atoms with Crippen LogP contribution in [0.5, 0.6) is 0 Å². The molecule has 2 aromatic rings. The highest BCUT2D eigenvalue weighted by atomic mass is 16.6. The maximum Gasteiger partial charge on any atom is 0.325 e. The molecule has 1 saturated heterocycles. The van der Waals surface area contributed by atoms with Crippen LogP contribution in [-0.2, 0) is 73.3 Å². The van der Waals surface area contributed by atoms with Gasteiger partial charge in [-0.2, -0.15) is 0 Å². The molecule has 0 radical (unpaired) electrons. The van der Waals surface area contributed by atoms with Gasteiger partial charge < -0.3 is 58.9 Å². The molecule has 1 aliphatic heterocycles. The maximum absolute atomic E-state index is 14.0. The second-order valence-corrected chi connectivity index (χ2v) is 25.0. The number of esters is 2. The van der Waals surface area contributed by atoms with Crippen molar-refractivity contribution in [2.75, 3.05) is 73.0 Å². The molecule has 7 rings (SSSR count). The second kappa shape index (κ2) is 36.0. The number of aromatic nitrogens is 1. The molecule has 5 aliphatic rings. The number of ether oxygens (including phenoxy) is 7. The van der Waals surface area contributed by atoms with E-state index in [-0.39, 0.29) is 129 Å². The number of carbonyl (C=O) groups excluding carboxylic acids is 7. The van der Waals surface area contributed by atoms with Crippen molar-refractivity contribution in [2.45, 2.75) is 210 Å². The van der Waals surface area contributed by atoms with E-state index >= 15 is 0 Å². The van der Waals surface area contributed by atoms with E-state index in [0.717, 1.165) is 88.2 Å². The minimum atomic E-state index is -0.490. The molecule has 4 N–H and O–H groups in total. The number of rotatable bonds is 33. The number of hydrogen-bond donors (Lipinski definition) is 4. The zero-order valence-electron chi connectivity index (χ0n) is 51.7. The Bertz CT molecular complexity index is 2380. The summed E-state index contributed by atoms with van der Waals surface area (Å²) in [6, 6.07) is 12.9. The van der Waals surface area contributed by atoms with Crippen LogP contribution in [0.2, 0.25) is 0 Å². The summed E-state index contributed by atoms with van der Waals surface area (Å²) in [5.74, 6) is -1.81. The average Bonchev–Trinajstić information content (AvgIpc) is 3.28. The van der Waals surface area contributed by atoms with Crippen LogP contribution in [0.25, 0.3) is 0 Å². The number of likely N-dealkylation sites (tertiary alicyclic amines) is 1. The third-order valence-electron chi connectivity index (χ3n) is 17.2. The van der Waals surface area contributed by atoms with E-state index in [1.54, 1.807) is 29.2 Å². The minimum Gasteiger partial charge on any atom is -0.460 e. The average molecular weight is 1200 g/mol. The topological polar surface area (TPSA) is 252 Å². The Morgan fingerprint density at radius 3 is 1.74 bits per heavy atom. The standard InChI is InChI=1S/C65H99N7O14/c1-65(2,3)86-64(79)48-18-22-51(23-19-48)70-58(74)15-10-37-81-52-24-28-54(29-25-52)83-38-33-67-45-80-40-35-72(43-60(76)85-44-46-11-6-5-7-12-46)63(78)47-16-20-50(21-17-47)69-57(73)14-9-36-82-53-26-30-55(31-27-53)84-39-34-68-62(77)56-41-59(75)71(4)61(56)49-13-8-32-66-42-49/h5-8,11-13,32,42,47-48,50-56,61,67H,9-10,14-31,33-41,43-45H2,1-4H3,(H,68,77)(H,69,73)(H,70,74)/t47?,48?,50?,51?,52?,53?,54?,55?,56-,61+/m0/s1. The molecular formula is C65H99N7O14. The van der Waals surface area contributed by atoms with Gasteiger partial charge in [-0.1, -0.05) is 36.4 Å². The second-order valence-electron chi connectivity index (χ2n) is 25.0. The molecule has 0 unspecified atom stereocenters. The van der Waals surface area contributed by atoms with Gasteiger partial charge in [0.1, 0.15) is 18.8 Å². The molecule has 5 fully saturated rings.